The normalized spacial score (nSPS) is 12.2. The summed E-state index contributed by atoms with van der Waals surface area (Å²) in [6.45, 7) is 7.13. The zero-order valence-corrected chi connectivity index (χ0v) is 23.7. The molecule has 0 saturated carbocycles. The van der Waals surface area contributed by atoms with Gasteiger partial charge in [-0.15, -0.1) is 0 Å². The van der Waals surface area contributed by atoms with E-state index in [1.54, 1.807) is 36.4 Å². The number of sulfonamides is 1. The van der Waals surface area contributed by atoms with Gasteiger partial charge in [0.15, 0.2) is 0 Å². The Bertz CT molecular complexity index is 1360. The van der Waals surface area contributed by atoms with E-state index in [1.165, 1.54) is 23.1 Å². The quantitative estimate of drug-likeness (QED) is 0.353. The Balaban J connectivity index is 2.06. The summed E-state index contributed by atoms with van der Waals surface area (Å²) in [7, 11) is -4.12. The monoisotopic (exact) mass is 555 g/mol. The molecule has 1 atom stereocenters. The molecule has 1 N–H and O–H groups in total. The van der Waals surface area contributed by atoms with E-state index < -0.39 is 28.5 Å². The number of nitrogens with one attached hydrogen (secondary N) is 1. The molecule has 0 fully saturated rings. The van der Waals surface area contributed by atoms with E-state index in [0.29, 0.717) is 11.4 Å². The van der Waals surface area contributed by atoms with Crippen LogP contribution in [0.5, 0.6) is 0 Å². The summed E-state index contributed by atoms with van der Waals surface area (Å²) in [5, 5.41) is 3.23. The van der Waals surface area contributed by atoms with Gasteiger partial charge in [0, 0.05) is 17.6 Å². The summed E-state index contributed by atoms with van der Waals surface area (Å²) < 4.78 is 28.6. The average Bonchev–Trinajstić information content (AvgIpc) is 2.87. The maximum atomic E-state index is 14.0. The van der Waals surface area contributed by atoms with E-state index in [0.717, 1.165) is 15.4 Å². The Morgan fingerprint density at radius 1 is 0.947 bits per heavy atom. The van der Waals surface area contributed by atoms with E-state index >= 15 is 0 Å². The average molecular weight is 556 g/mol. The lowest BCUT2D eigenvalue weighted by Gasteiger charge is -2.33. The van der Waals surface area contributed by atoms with Gasteiger partial charge in [-0.3, -0.25) is 13.9 Å². The molecule has 7 nitrogen and oxygen atoms in total. The van der Waals surface area contributed by atoms with Gasteiger partial charge in [-0.2, -0.15) is 0 Å². The first kappa shape index (κ1) is 29.2. The van der Waals surface area contributed by atoms with Crippen molar-refractivity contribution in [3.05, 3.63) is 95.0 Å². The van der Waals surface area contributed by atoms with Crippen LogP contribution < -0.4 is 9.62 Å². The lowest BCUT2D eigenvalue weighted by molar-refractivity contribution is -0.140. The second-order valence-corrected chi connectivity index (χ2v) is 11.7. The zero-order chi connectivity index (χ0) is 27.9. The fourth-order valence-electron chi connectivity index (χ4n) is 4.19. The van der Waals surface area contributed by atoms with Crippen molar-refractivity contribution in [2.24, 2.45) is 0 Å². The minimum Gasteiger partial charge on any atom is -0.352 e. The Hall–Kier alpha value is -3.36. The van der Waals surface area contributed by atoms with E-state index in [1.807, 2.05) is 52.0 Å². The van der Waals surface area contributed by atoms with E-state index in [-0.39, 0.29) is 29.1 Å². The summed E-state index contributed by atoms with van der Waals surface area (Å²) >= 11 is 6.20. The van der Waals surface area contributed by atoms with E-state index in [4.69, 9.17) is 11.6 Å². The van der Waals surface area contributed by atoms with Gasteiger partial charge >= 0.3 is 0 Å². The standard InChI is InChI=1S/C29H34ClN3O4S/c1-5-27(29(35)31-21(2)3)32(19-23-12-9-11-22(4)17-23)28(34)20-33(25-14-10-13-24(30)18-25)38(36,37)26-15-7-6-8-16-26/h6-18,21,27H,5,19-20H2,1-4H3,(H,31,35). The van der Waals surface area contributed by atoms with Crippen molar-refractivity contribution in [1.29, 1.82) is 0 Å². The first-order chi connectivity index (χ1) is 18.0. The van der Waals surface area contributed by atoms with Crippen molar-refractivity contribution >= 4 is 39.1 Å². The smallest absolute Gasteiger partial charge is 0.264 e. The highest BCUT2D eigenvalue weighted by Crippen LogP contribution is 2.27. The molecule has 0 aliphatic carbocycles. The van der Waals surface area contributed by atoms with Crippen LogP contribution in [0, 0.1) is 6.92 Å². The van der Waals surface area contributed by atoms with Gasteiger partial charge in [-0.05, 0) is 63.1 Å². The summed E-state index contributed by atoms with van der Waals surface area (Å²) in [6.07, 6.45) is 0.360. The predicted octanol–water partition coefficient (Wildman–Crippen LogP) is 5.18. The van der Waals surface area contributed by atoms with Crippen LogP contribution in [-0.4, -0.2) is 43.8 Å². The summed E-state index contributed by atoms with van der Waals surface area (Å²) in [6, 6.07) is 21.0. The van der Waals surface area contributed by atoms with Gasteiger partial charge in [-0.1, -0.05) is 72.6 Å². The molecule has 1 unspecified atom stereocenters. The molecule has 3 rings (SSSR count). The van der Waals surface area contributed by atoms with Gasteiger partial charge in [0.25, 0.3) is 10.0 Å². The van der Waals surface area contributed by atoms with Gasteiger partial charge in [0.2, 0.25) is 11.8 Å². The maximum Gasteiger partial charge on any atom is 0.264 e. The molecule has 0 radical (unpaired) electrons. The third-order valence-electron chi connectivity index (χ3n) is 5.96. The molecular weight excluding hydrogens is 522 g/mol. The first-order valence-electron chi connectivity index (χ1n) is 12.5. The molecule has 202 valence electrons. The highest BCUT2D eigenvalue weighted by Gasteiger charge is 2.33. The fraction of sp³-hybridized carbons (Fsp3) is 0.310. The van der Waals surface area contributed by atoms with Gasteiger partial charge in [-0.25, -0.2) is 8.42 Å². The van der Waals surface area contributed by atoms with Crippen molar-refractivity contribution < 1.29 is 18.0 Å². The summed E-state index contributed by atoms with van der Waals surface area (Å²) in [5.41, 5.74) is 2.11. The van der Waals surface area contributed by atoms with E-state index in [2.05, 4.69) is 5.32 Å². The highest BCUT2D eigenvalue weighted by molar-refractivity contribution is 7.92. The lowest BCUT2D eigenvalue weighted by Crippen LogP contribution is -2.53. The Morgan fingerprint density at radius 2 is 1.63 bits per heavy atom. The van der Waals surface area contributed by atoms with Crippen molar-refractivity contribution in [2.45, 2.75) is 57.6 Å². The van der Waals surface area contributed by atoms with Crippen molar-refractivity contribution in [3.63, 3.8) is 0 Å². The van der Waals surface area contributed by atoms with Crippen molar-refractivity contribution in [3.8, 4) is 0 Å². The highest BCUT2D eigenvalue weighted by atomic mass is 35.5. The number of carbonyl (C=O) groups is 2. The van der Waals surface area contributed by atoms with Crippen LogP contribution in [0.25, 0.3) is 0 Å². The molecule has 0 aromatic heterocycles. The molecule has 9 heteroatoms. The Labute approximate surface area is 230 Å². The third-order valence-corrected chi connectivity index (χ3v) is 7.98. The third kappa shape index (κ3) is 7.36. The maximum absolute atomic E-state index is 14.0. The molecule has 0 aliphatic rings. The zero-order valence-electron chi connectivity index (χ0n) is 22.1. The Morgan fingerprint density at radius 3 is 2.24 bits per heavy atom. The number of amides is 2. The van der Waals surface area contributed by atoms with Crippen molar-refractivity contribution in [2.75, 3.05) is 10.8 Å². The van der Waals surface area contributed by atoms with Crippen molar-refractivity contribution in [1.82, 2.24) is 10.2 Å². The second kappa shape index (κ2) is 12.9. The number of hydrogen-bond donors (Lipinski definition) is 1. The number of aryl methyl sites for hydroxylation is 1. The molecule has 0 spiro atoms. The fourth-order valence-corrected chi connectivity index (χ4v) is 5.80. The number of benzene rings is 3. The van der Waals surface area contributed by atoms with Crippen LogP contribution in [0.2, 0.25) is 5.02 Å². The van der Waals surface area contributed by atoms with Crippen LogP contribution in [0.15, 0.2) is 83.8 Å². The Kier molecular flexibility index (Phi) is 9.94. The number of rotatable bonds is 11. The lowest BCUT2D eigenvalue weighted by atomic mass is 10.1. The molecular formula is C29H34ClN3O4S. The second-order valence-electron chi connectivity index (χ2n) is 9.40. The largest absolute Gasteiger partial charge is 0.352 e. The van der Waals surface area contributed by atoms with Crippen LogP contribution in [-0.2, 0) is 26.2 Å². The first-order valence-corrected chi connectivity index (χ1v) is 14.3. The molecule has 3 aromatic rings. The molecule has 0 aliphatic heterocycles. The molecule has 2 amide bonds. The van der Waals surface area contributed by atoms with Crippen LogP contribution in [0.1, 0.15) is 38.3 Å². The molecule has 38 heavy (non-hydrogen) atoms. The minimum atomic E-state index is -4.12. The predicted molar refractivity (Wildman–Crippen MR) is 152 cm³/mol. The number of anilines is 1. The molecule has 0 saturated heterocycles. The van der Waals surface area contributed by atoms with Crippen LogP contribution in [0.3, 0.4) is 0 Å². The number of nitrogens with zero attached hydrogens (tertiary/aromatic N) is 2. The van der Waals surface area contributed by atoms with Gasteiger partial charge < -0.3 is 10.2 Å². The molecule has 3 aromatic carbocycles. The summed E-state index contributed by atoms with van der Waals surface area (Å²) in [5.74, 6) is -0.791. The summed E-state index contributed by atoms with van der Waals surface area (Å²) in [4.78, 5) is 28.6. The minimum absolute atomic E-state index is 0.0441. The molecule has 0 heterocycles. The number of halogens is 1. The van der Waals surface area contributed by atoms with Gasteiger partial charge in [0.1, 0.15) is 12.6 Å². The van der Waals surface area contributed by atoms with Crippen LogP contribution in [0.4, 0.5) is 5.69 Å². The SMILES string of the molecule is CCC(C(=O)NC(C)C)N(Cc1cccc(C)c1)C(=O)CN(c1cccc(Cl)c1)S(=O)(=O)c1ccccc1. The topological polar surface area (TPSA) is 86.8 Å². The van der Waals surface area contributed by atoms with Crippen LogP contribution >= 0.6 is 11.6 Å². The number of hydrogen-bond acceptors (Lipinski definition) is 4. The molecule has 0 bridgehead atoms. The van der Waals surface area contributed by atoms with E-state index in [9.17, 15) is 18.0 Å². The number of carbonyl (C=O) groups excluding carboxylic acids is 2. The van der Waals surface area contributed by atoms with Gasteiger partial charge in [0.05, 0.1) is 10.6 Å².